The molecule has 1 aromatic rings. The highest BCUT2D eigenvalue weighted by Gasteiger charge is 2.21. The molecule has 112 valence electrons. The van der Waals surface area contributed by atoms with E-state index in [-0.39, 0.29) is 6.04 Å². The molecule has 0 amide bonds. The van der Waals surface area contributed by atoms with Crippen molar-refractivity contribution in [1.82, 2.24) is 10.2 Å². The largest absolute Gasteiger partial charge is 0.313 e. The van der Waals surface area contributed by atoms with Crippen molar-refractivity contribution in [1.29, 1.82) is 0 Å². The lowest BCUT2D eigenvalue weighted by molar-refractivity contribution is 0.248. The van der Waals surface area contributed by atoms with Crippen LogP contribution in [0.15, 0.2) is 18.2 Å². The van der Waals surface area contributed by atoms with Gasteiger partial charge in [0, 0.05) is 17.8 Å². The minimum atomic E-state index is 0.248. The van der Waals surface area contributed by atoms with Gasteiger partial charge in [0.2, 0.25) is 0 Å². The molecule has 2 rings (SSSR count). The highest BCUT2D eigenvalue weighted by atomic mass is 35.5. The molecule has 0 aliphatic carbocycles. The van der Waals surface area contributed by atoms with Crippen molar-refractivity contribution < 1.29 is 0 Å². The summed E-state index contributed by atoms with van der Waals surface area (Å²) in [4.78, 5) is 2.47. The van der Waals surface area contributed by atoms with Gasteiger partial charge in [-0.25, -0.2) is 0 Å². The summed E-state index contributed by atoms with van der Waals surface area (Å²) >= 11 is 14.5. The van der Waals surface area contributed by atoms with Gasteiger partial charge in [0.05, 0.1) is 10.0 Å². The third kappa shape index (κ3) is 4.05. The van der Waals surface area contributed by atoms with E-state index in [1.54, 1.807) is 0 Å². The van der Waals surface area contributed by atoms with E-state index in [9.17, 15) is 0 Å². The molecule has 2 nitrogen and oxygen atoms in total. The topological polar surface area (TPSA) is 15.3 Å². The predicted molar refractivity (Wildman–Crippen MR) is 91.2 cm³/mol. The minimum absolute atomic E-state index is 0.248. The molecule has 1 heterocycles. The molecule has 0 bridgehead atoms. The Balaban J connectivity index is 1.96. The van der Waals surface area contributed by atoms with Gasteiger partial charge < -0.3 is 10.2 Å². The van der Waals surface area contributed by atoms with E-state index in [2.05, 4.69) is 35.1 Å². The Morgan fingerprint density at radius 2 is 2.25 bits per heavy atom. The van der Waals surface area contributed by atoms with Gasteiger partial charge in [0.15, 0.2) is 0 Å². The van der Waals surface area contributed by atoms with Gasteiger partial charge in [-0.3, -0.25) is 0 Å². The van der Waals surface area contributed by atoms with Crippen LogP contribution in [-0.2, 0) is 0 Å². The number of nitrogens with zero attached hydrogens (tertiary/aromatic N) is 1. The van der Waals surface area contributed by atoms with E-state index in [0.717, 1.165) is 24.6 Å². The van der Waals surface area contributed by atoms with E-state index in [1.165, 1.54) is 17.9 Å². The number of halogens is 2. The van der Waals surface area contributed by atoms with Gasteiger partial charge >= 0.3 is 0 Å². The highest BCUT2D eigenvalue weighted by molar-refractivity contribution is 7.99. The number of nitrogens with one attached hydrogen (secondary N) is 1. The number of rotatable bonds is 6. The second-order valence-corrected chi connectivity index (χ2v) is 7.21. The van der Waals surface area contributed by atoms with E-state index in [0.29, 0.717) is 10.0 Å². The Kier molecular flexibility index (Phi) is 6.50. The molecule has 0 aromatic heterocycles. The molecule has 20 heavy (non-hydrogen) atoms. The van der Waals surface area contributed by atoms with Crippen LogP contribution in [-0.4, -0.2) is 43.1 Å². The van der Waals surface area contributed by atoms with E-state index in [4.69, 9.17) is 23.2 Å². The van der Waals surface area contributed by atoms with Crippen LogP contribution in [0.4, 0.5) is 0 Å². The third-order valence-corrected chi connectivity index (χ3v) is 5.98. The lowest BCUT2D eigenvalue weighted by atomic mass is 10.0. The first-order valence-electron chi connectivity index (χ1n) is 7.02. The molecule has 1 aliphatic rings. The molecular weight excluding hydrogens is 311 g/mol. The molecule has 0 saturated carbocycles. The average Bonchev–Trinajstić information content (AvgIpc) is 2.97. The first-order valence-corrected chi connectivity index (χ1v) is 8.93. The average molecular weight is 333 g/mol. The lowest BCUT2D eigenvalue weighted by Gasteiger charge is -2.26. The third-order valence-electron chi connectivity index (χ3n) is 4.00. The SMILES string of the molecule is CNC(CCN(C)C1CCSC1)c1cccc(Cl)c1Cl. The van der Waals surface area contributed by atoms with Gasteiger partial charge in [-0.15, -0.1) is 0 Å². The molecule has 1 N–H and O–H groups in total. The number of benzene rings is 1. The summed E-state index contributed by atoms with van der Waals surface area (Å²) in [5.41, 5.74) is 1.09. The van der Waals surface area contributed by atoms with Crippen LogP contribution in [0.2, 0.25) is 10.0 Å². The maximum absolute atomic E-state index is 6.32. The van der Waals surface area contributed by atoms with Crippen LogP contribution < -0.4 is 5.32 Å². The summed E-state index contributed by atoms with van der Waals surface area (Å²) in [6.45, 7) is 1.07. The zero-order chi connectivity index (χ0) is 14.5. The molecule has 1 aliphatic heterocycles. The predicted octanol–water partition coefficient (Wildman–Crippen LogP) is 4.08. The van der Waals surface area contributed by atoms with Crippen molar-refractivity contribution in [3.8, 4) is 0 Å². The fourth-order valence-electron chi connectivity index (χ4n) is 2.63. The first kappa shape index (κ1) is 16.4. The number of thioether (sulfide) groups is 1. The maximum atomic E-state index is 6.32. The zero-order valence-electron chi connectivity index (χ0n) is 12.0. The maximum Gasteiger partial charge on any atom is 0.0640 e. The van der Waals surface area contributed by atoms with Crippen LogP contribution in [0.3, 0.4) is 0 Å². The van der Waals surface area contributed by atoms with Gasteiger partial charge in [-0.05, 0) is 50.9 Å². The molecule has 2 atom stereocenters. The van der Waals surface area contributed by atoms with Gasteiger partial charge in [0.1, 0.15) is 0 Å². The Labute approximate surface area is 136 Å². The minimum Gasteiger partial charge on any atom is -0.313 e. The van der Waals surface area contributed by atoms with E-state index < -0.39 is 0 Å². The van der Waals surface area contributed by atoms with Crippen molar-refractivity contribution in [3.63, 3.8) is 0 Å². The standard InChI is InChI=1S/C15H22Cl2N2S/c1-18-14(12-4-3-5-13(16)15(12)17)6-8-19(2)11-7-9-20-10-11/h3-5,11,14,18H,6-10H2,1-2H3. The molecule has 1 fully saturated rings. The van der Waals surface area contributed by atoms with Crippen molar-refractivity contribution in [2.45, 2.75) is 24.9 Å². The Hall–Kier alpha value is 0.0700. The quantitative estimate of drug-likeness (QED) is 0.844. The normalized spacial score (nSPS) is 20.6. The summed E-state index contributed by atoms with van der Waals surface area (Å²) in [7, 11) is 4.20. The van der Waals surface area contributed by atoms with Crippen molar-refractivity contribution >= 4 is 35.0 Å². The Morgan fingerprint density at radius 1 is 1.45 bits per heavy atom. The summed E-state index contributed by atoms with van der Waals surface area (Å²) in [5.74, 6) is 2.56. The second-order valence-electron chi connectivity index (χ2n) is 5.27. The monoisotopic (exact) mass is 332 g/mol. The Bertz CT molecular complexity index is 436. The van der Waals surface area contributed by atoms with Crippen LogP contribution in [0.1, 0.15) is 24.4 Å². The summed E-state index contributed by atoms with van der Waals surface area (Å²) in [6, 6.07) is 6.83. The van der Waals surface area contributed by atoms with E-state index in [1.807, 2.05) is 19.2 Å². The smallest absolute Gasteiger partial charge is 0.0640 e. The molecule has 1 aromatic carbocycles. The highest BCUT2D eigenvalue weighted by Crippen LogP contribution is 2.31. The van der Waals surface area contributed by atoms with Crippen LogP contribution >= 0.6 is 35.0 Å². The summed E-state index contributed by atoms with van der Waals surface area (Å²) in [5, 5.41) is 4.66. The fourth-order valence-corrected chi connectivity index (χ4v) is 4.37. The molecule has 2 unspecified atom stereocenters. The van der Waals surface area contributed by atoms with Gasteiger partial charge in [-0.2, -0.15) is 11.8 Å². The molecule has 1 saturated heterocycles. The van der Waals surface area contributed by atoms with Crippen molar-refractivity contribution in [3.05, 3.63) is 33.8 Å². The van der Waals surface area contributed by atoms with Crippen LogP contribution in [0.5, 0.6) is 0 Å². The zero-order valence-corrected chi connectivity index (χ0v) is 14.4. The summed E-state index contributed by atoms with van der Waals surface area (Å²) in [6.07, 6.45) is 2.34. The van der Waals surface area contributed by atoms with Gasteiger partial charge in [-0.1, -0.05) is 35.3 Å². The van der Waals surface area contributed by atoms with E-state index >= 15 is 0 Å². The fraction of sp³-hybridized carbons (Fsp3) is 0.600. The Morgan fingerprint density at radius 3 is 2.90 bits per heavy atom. The lowest BCUT2D eigenvalue weighted by Crippen LogP contribution is -2.34. The van der Waals surface area contributed by atoms with Crippen LogP contribution in [0, 0.1) is 0 Å². The number of hydrogen-bond donors (Lipinski definition) is 1. The first-order chi connectivity index (χ1) is 9.63. The molecule has 5 heteroatoms. The van der Waals surface area contributed by atoms with Crippen molar-refractivity contribution in [2.24, 2.45) is 0 Å². The second kappa shape index (κ2) is 7.90. The molecule has 0 radical (unpaired) electrons. The van der Waals surface area contributed by atoms with Crippen molar-refractivity contribution in [2.75, 3.05) is 32.1 Å². The van der Waals surface area contributed by atoms with Gasteiger partial charge in [0.25, 0.3) is 0 Å². The number of hydrogen-bond acceptors (Lipinski definition) is 3. The molecular formula is C15H22Cl2N2S. The summed E-state index contributed by atoms with van der Waals surface area (Å²) < 4.78 is 0. The van der Waals surface area contributed by atoms with Crippen LogP contribution in [0.25, 0.3) is 0 Å². The molecule has 0 spiro atoms.